The van der Waals surface area contributed by atoms with E-state index in [-0.39, 0.29) is 17.9 Å². The first kappa shape index (κ1) is 15.9. The summed E-state index contributed by atoms with van der Waals surface area (Å²) in [6.07, 6.45) is 1.29. The summed E-state index contributed by atoms with van der Waals surface area (Å²) in [4.78, 5) is 31.0. The predicted molar refractivity (Wildman–Crippen MR) is 82.9 cm³/mol. The van der Waals surface area contributed by atoms with Crippen LogP contribution in [0.4, 0.5) is 0 Å². The zero-order chi connectivity index (χ0) is 15.6. The zero-order valence-electron chi connectivity index (χ0n) is 13.0. The van der Waals surface area contributed by atoms with Gasteiger partial charge in [-0.15, -0.1) is 11.3 Å². The lowest BCUT2D eigenvalue weighted by Gasteiger charge is -2.38. The van der Waals surface area contributed by atoms with Gasteiger partial charge >= 0.3 is 0 Å². The average Bonchev–Trinajstić information content (AvgIpc) is 2.80. The molecule has 2 atom stereocenters. The van der Waals surface area contributed by atoms with E-state index in [0.29, 0.717) is 25.3 Å². The smallest absolute Gasteiger partial charge is 0.246 e. The molecular weight excluding hydrogens is 286 g/mol. The molecule has 1 fully saturated rings. The minimum absolute atomic E-state index is 0.0146. The maximum absolute atomic E-state index is 12.7. The fourth-order valence-electron chi connectivity index (χ4n) is 2.71. The summed E-state index contributed by atoms with van der Waals surface area (Å²) in [5.41, 5.74) is 0.863. The highest BCUT2D eigenvalue weighted by Gasteiger charge is 2.39. The van der Waals surface area contributed by atoms with Crippen molar-refractivity contribution >= 4 is 23.2 Å². The Morgan fingerprint density at radius 3 is 2.67 bits per heavy atom. The molecule has 2 unspecified atom stereocenters. The van der Waals surface area contributed by atoms with Crippen LogP contribution >= 0.6 is 11.3 Å². The van der Waals surface area contributed by atoms with E-state index in [2.05, 4.69) is 24.1 Å². The van der Waals surface area contributed by atoms with Crippen molar-refractivity contribution in [2.75, 3.05) is 0 Å². The van der Waals surface area contributed by atoms with Crippen molar-refractivity contribution < 1.29 is 9.59 Å². The Labute approximate surface area is 129 Å². The van der Waals surface area contributed by atoms with Crippen LogP contribution in [0.15, 0.2) is 5.38 Å². The third-order valence-electron chi connectivity index (χ3n) is 3.67. The van der Waals surface area contributed by atoms with Crippen LogP contribution in [0.25, 0.3) is 0 Å². The molecule has 0 saturated carbocycles. The molecule has 21 heavy (non-hydrogen) atoms. The molecule has 1 N–H and O–H groups in total. The van der Waals surface area contributed by atoms with Crippen molar-refractivity contribution in [3.05, 3.63) is 16.1 Å². The first-order valence-electron chi connectivity index (χ1n) is 7.44. The van der Waals surface area contributed by atoms with Crippen LogP contribution in [-0.2, 0) is 16.1 Å². The standard InChI is InChI=1S/C15H23N3O2S/c1-5-13-14(19)17-12(6-9(2)3)15(20)18(13)7-11-8-21-10(4)16-11/h8-9,12-13H,5-7H2,1-4H3,(H,17,19). The van der Waals surface area contributed by atoms with E-state index in [4.69, 9.17) is 0 Å². The Hall–Kier alpha value is -1.43. The van der Waals surface area contributed by atoms with Gasteiger partial charge in [-0.1, -0.05) is 20.8 Å². The number of carbonyl (C=O) groups is 2. The summed E-state index contributed by atoms with van der Waals surface area (Å²) in [6, 6.07) is -0.789. The van der Waals surface area contributed by atoms with Gasteiger partial charge in [-0.2, -0.15) is 0 Å². The third kappa shape index (κ3) is 3.61. The average molecular weight is 309 g/mol. The van der Waals surface area contributed by atoms with E-state index >= 15 is 0 Å². The van der Waals surface area contributed by atoms with Gasteiger partial charge in [0.25, 0.3) is 0 Å². The van der Waals surface area contributed by atoms with Gasteiger partial charge in [0.05, 0.1) is 17.2 Å². The molecule has 1 saturated heterocycles. The van der Waals surface area contributed by atoms with Crippen molar-refractivity contribution in [2.24, 2.45) is 5.92 Å². The van der Waals surface area contributed by atoms with Gasteiger partial charge in [0, 0.05) is 5.38 Å². The molecule has 2 amide bonds. The molecule has 0 radical (unpaired) electrons. The van der Waals surface area contributed by atoms with Crippen molar-refractivity contribution in [2.45, 2.75) is 59.2 Å². The van der Waals surface area contributed by atoms with E-state index in [1.165, 1.54) is 0 Å². The Balaban J connectivity index is 2.19. The summed E-state index contributed by atoms with van der Waals surface area (Å²) in [5, 5.41) is 5.81. The van der Waals surface area contributed by atoms with Crippen molar-refractivity contribution in [3.8, 4) is 0 Å². The Kier molecular flexibility index (Phi) is 4.98. The number of amides is 2. The molecule has 0 aromatic carbocycles. The number of hydrogen-bond acceptors (Lipinski definition) is 4. The normalized spacial score (nSPS) is 22.8. The molecule has 5 nitrogen and oxygen atoms in total. The highest BCUT2D eigenvalue weighted by Crippen LogP contribution is 2.21. The van der Waals surface area contributed by atoms with Crippen molar-refractivity contribution in [1.82, 2.24) is 15.2 Å². The fraction of sp³-hybridized carbons (Fsp3) is 0.667. The van der Waals surface area contributed by atoms with Crippen LogP contribution < -0.4 is 5.32 Å². The van der Waals surface area contributed by atoms with E-state index in [1.54, 1.807) is 16.2 Å². The van der Waals surface area contributed by atoms with Gasteiger partial charge in [0.15, 0.2) is 0 Å². The molecular formula is C15H23N3O2S. The van der Waals surface area contributed by atoms with Crippen LogP contribution in [0.2, 0.25) is 0 Å². The second kappa shape index (κ2) is 6.56. The third-order valence-corrected chi connectivity index (χ3v) is 4.49. The molecule has 0 bridgehead atoms. The maximum atomic E-state index is 12.7. The number of nitrogens with one attached hydrogen (secondary N) is 1. The lowest BCUT2D eigenvalue weighted by molar-refractivity contribution is -0.150. The van der Waals surface area contributed by atoms with Gasteiger partial charge in [-0.25, -0.2) is 4.98 Å². The largest absolute Gasteiger partial charge is 0.342 e. The second-order valence-electron chi connectivity index (χ2n) is 5.94. The van der Waals surface area contributed by atoms with E-state index in [1.807, 2.05) is 19.2 Å². The molecule has 0 spiro atoms. The van der Waals surface area contributed by atoms with Crippen LogP contribution in [0.5, 0.6) is 0 Å². The van der Waals surface area contributed by atoms with Crippen molar-refractivity contribution in [1.29, 1.82) is 0 Å². The topological polar surface area (TPSA) is 62.3 Å². The fourth-order valence-corrected chi connectivity index (χ4v) is 3.31. The molecule has 1 aromatic heterocycles. The lowest BCUT2D eigenvalue weighted by Crippen LogP contribution is -2.63. The molecule has 2 rings (SSSR count). The molecule has 1 aromatic rings. The van der Waals surface area contributed by atoms with Crippen molar-refractivity contribution in [3.63, 3.8) is 0 Å². The Morgan fingerprint density at radius 2 is 2.14 bits per heavy atom. The second-order valence-corrected chi connectivity index (χ2v) is 7.00. The Morgan fingerprint density at radius 1 is 1.43 bits per heavy atom. The molecule has 1 aliphatic rings. The summed E-state index contributed by atoms with van der Waals surface area (Å²) in [7, 11) is 0. The van der Waals surface area contributed by atoms with E-state index < -0.39 is 6.04 Å². The number of rotatable bonds is 5. The number of aromatic nitrogens is 1. The number of nitrogens with zero attached hydrogens (tertiary/aromatic N) is 2. The van der Waals surface area contributed by atoms with Gasteiger partial charge in [0.1, 0.15) is 12.1 Å². The van der Waals surface area contributed by atoms with Crippen LogP contribution in [0.1, 0.15) is 44.3 Å². The first-order valence-corrected chi connectivity index (χ1v) is 8.32. The van der Waals surface area contributed by atoms with Gasteiger partial charge in [-0.3, -0.25) is 9.59 Å². The van der Waals surface area contributed by atoms with Gasteiger partial charge in [0.2, 0.25) is 11.8 Å². The molecule has 2 heterocycles. The SMILES string of the molecule is CCC1C(=O)NC(CC(C)C)C(=O)N1Cc1csc(C)n1. The van der Waals surface area contributed by atoms with Crippen LogP contribution in [0.3, 0.4) is 0 Å². The number of piperazine rings is 1. The molecule has 1 aliphatic heterocycles. The van der Waals surface area contributed by atoms with Crippen LogP contribution in [-0.4, -0.2) is 33.8 Å². The monoisotopic (exact) mass is 309 g/mol. The predicted octanol–water partition coefficient (Wildman–Crippen LogP) is 2.10. The minimum atomic E-state index is -0.403. The maximum Gasteiger partial charge on any atom is 0.246 e. The van der Waals surface area contributed by atoms with E-state index in [9.17, 15) is 9.59 Å². The van der Waals surface area contributed by atoms with Gasteiger partial charge < -0.3 is 10.2 Å². The highest BCUT2D eigenvalue weighted by atomic mass is 32.1. The zero-order valence-corrected chi connectivity index (χ0v) is 13.9. The van der Waals surface area contributed by atoms with E-state index in [0.717, 1.165) is 10.7 Å². The number of aryl methyl sites for hydroxylation is 1. The van der Waals surface area contributed by atoms with Crippen LogP contribution in [0, 0.1) is 12.8 Å². The number of carbonyl (C=O) groups excluding carboxylic acids is 2. The first-order chi connectivity index (χ1) is 9.92. The number of thiazole rings is 1. The number of hydrogen-bond donors (Lipinski definition) is 1. The summed E-state index contributed by atoms with van der Waals surface area (Å²) >= 11 is 1.57. The summed E-state index contributed by atoms with van der Waals surface area (Å²) < 4.78 is 0. The summed E-state index contributed by atoms with van der Waals surface area (Å²) in [6.45, 7) is 8.40. The molecule has 0 aliphatic carbocycles. The quantitative estimate of drug-likeness (QED) is 0.906. The molecule has 116 valence electrons. The lowest BCUT2D eigenvalue weighted by atomic mass is 9.97. The highest BCUT2D eigenvalue weighted by molar-refractivity contribution is 7.09. The molecule has 6 heteroatoms. The van der Waals surface area contributed by atoms with Gasteiger partial charge in [-0.05, 0) is 25.7 Å². The Bertz CT molecular complexity index is 527. The summed E-state index contributed by atoms with van der Waals surface area (Å²) in [5.74, 6) is 0.330. The minimum Gasteiger partial charge on any atom is -0.342 e.